The zero-order chi connectivity index (χ0) is 13.8. The van der Waals surface area contributed by atoms with Crippen molar-refractivity contribution in [1.29, 1.82) is 0 Å². The molecule has 4 heteroatoms. The highest BCUT2D eigenvalue weighted by atomic mass is 79.9. The Kier molecular flexibility index (Phi) is 4.22. The van der Waals surface area contributed by atoms with Gasteiger partial charge in [-0.2, -0.15) is 0 Å². The number of hydrogen-bond acceptors (Lipinski definition) is 3. The second-order valence-electron chi connectivity index (χ2n) is 4.02. The summed E-state index contributed by atoms with van der Waals surface area (Å²) in [4.78, 5) is 11.0. The number of carbonyl (C=O) groups is 1. The number of hydrogen-bond donors (Lipinski definition) is 0. The lowest BCUT2D eigenvalue weighted by molar-refractivity contribution is -0.134. The van der Waals surface area contributed by atoms with Crippen LogP contribution in [0.15, 0.2) is 45.3 Å². The molecule has 19 heavy (non-hydrogen) atoms. The molecule has 98 valence electrons. The molecular weight excluding hydrogens is 308 g/mol. The maximum atomic E-state index is 11.0. The van der Waals surface area contributed by atoms with Crippen molar-refractivity contribution in [3.63, 3.8) is 0 Å². The van der Waals surface area contributed by atoms with Gasteiger partial charge in [0.2, 0.25) is 0 Å². The smallest absolute Gasteiger partial charge is 0.330 e. The van der Waals surface area contributed by atoms with Crippen LogP contribution < -0.4 is 0 Å². The highest BCUT2D eigenvalue weighted by Crippen LogP contribution is 2.26. The molecule has 0 saturated heterocycles. The number of rotatable bonds is 3. The molecule has 0 aliphatic carbocycles. The quantitative estimate of drug-likeness (QED) is 0.628. The fourth-order valence-corrected chi connectivity index (χ4v) is 1.86. The largest absolute Gasteiger partial charge is 0.466 e. The fraction of sp³-hybridized carbons (Fsp3) is 0.133. The summed E-state index contributed by atoms with van der Waals surface area (Å²) in [5, 5.41) is 0. The lowest BCUT2D eigenvalue weighted by atomic mass is 10.1. The third-order valence-corrected chi connectivity index (χ3v) is 3.54. The molecule has 2 rings (SSSR count). The van der Waals surface area contributed by atoms with E-state index in [1.165, 1.54) is 13.2 Å². The van der Waals surface area contributed by atoms with Gasteiger partial charge in [-0.05, 0) is 42.8 Å². The Labute approximate surface area is 120 Å². The summed E-state index contributed by atoms with van der Waals surface area (Å²) in [5.74, 6) is 0.971. The van der Waals surface area contributed by atoms with E-state index in [1.807, 2.05) is 37.3 Å². The molecule has 0 fully saturated rings. The van der Waals surface area contributed by atoms with Gasteiger partial charge in [0, 0.05) is 16.1 Å². The topological polar surface area (TPSA) is 39.4 Å². The highest BCUT2D eigenvalue weighted by molar-refractivity contribution is 9.10. The van der Waals surface area contributed by atoms with E-state index in [-0.39, 0.29) is 0 Å². The first-order valence-corrected chi connectivity index (χ1v) is 6.52. The minimum atomic E-state index is -0.405. The number of ether oxygens (including phenoxy) is 1. The SMILES string of the molecule is COC(=O)/C=C/c1ccc(-c2ccc(Br)c(C)c2)o1. The van der Waals surface area contributed by atoms with E-state index in [1.54, 1.807) is 6.08 Å². The number of halogens is 1. The van der Waals surface area contributed by atoms with Gasteiger partial charge in [-0.15, -0.1) is 0 Å². The first-order valence-electron chi connectivity index (χ1n) is 5.72. The van der Waals surface area contributed by atoms with Gasteiger partial charge in [-0.25, -0.2) is 4.79 Å². The summed E-state index contributed by atoms with van der Waals surface area (Å²) in [6, 6.07) is 9.68. The molecule has 0 N–H and O–H groups in total. The maximum Gasteiger partial charge on any atom is 0.330 e. The van der Waals surface area contributed by atoms with Crippen molar-refractivity contribution < 1.29 is 13.9 Å². The van der Waals surface area contributed by atoms with Crippen LogP contribution in [-0.4, -0.2) is 13.1 Å². The van der Waals surface area contributed by atoms with Crippen molar-refractivity contribution in [2.24, 2.45) is 0 Å². The molecule has 0 atom stereocenters. The summed E-state index contributed by atoms with van der Waals surface area (Å²) in [6.45, 7) is 2.02. The molecule has 1 heterocycles. The van der Waals surface area contributed by atoms with Crippen LogP contribution in [0.3, 0.4) is 0 Å². The second-order valence-corrected chi connectivity index (χ2v) is 4.88. The molecule has 3 nitrogen and oxygen atoms in total. The van der Waals surface area contributed by atoms with E-state index < -0.39 is 5.97 Å². The van der Waals surface area contributed by atoms with Gasteiger partial charge in [0.15, 0.2) is 0 Å². The Morgan fingerprint density at radius 1 is 1.32 bits per heavy atom. The van der Waals surface area contributed by atoms with Crippen molar-refractivity contribution >= 4 is 28.0 Å². The van der Waals surface area contributed by atoms with Crippen molar-refractivity contribution in [3.8, 4) is 11.3 Å². The van der Waals surface area contributed by atoms with E-state index in [0.717, 1.165) is 21.4 Å². The molecule has 0 bridgehead atoms. The molecule has 0 amide bonds. The van der Waals surface area contributed by atoms with Crippen molar-refractivity contribution in [3.05, 3.63) is 52.2 Å². The summed E-state index contributed by atoms with van der Waals surface area (Å²) in [6.07, 6.45) is 2.91. The van der Waals surface area contributed by atoms with Gasteiger partial charge < -0.3 is 9.15 Å². The summed E-state index contributed by atoms with van der Waals surface area (Å²) >= 11 is 3.46. The number of esters is 1. The van der Waals surface area contributed by atoms with Crippen LogP contribution >= 0.6 is 15.9 Å². The maximum absolute atomic E-state index is 11.0. The first-order chi connectivity index (χ1) is 9.10. The fourth-order valence-electron chi connectivity index (χ4n) is 1.61. The Balaban J connectivity index is 2.23. The first kappa shape index (κ1) is 13.6. The summed E-state index contributed by atoms with van der Waals surface area (Å²) in [5.41, 5.74) is 2.14. The Morgan fingerprint density at radius 3 is 2.79 bits per heavy atom. The number of furan rings is 1. The van der Waals surface area contributed by atoms with Crippen LogP contribution in [0.2, 0.25) is 0 Å². The summed E-state index contributed by atoms with van der Waals surface area (Å²) < 4.78 is 11.2. The van der Waals surface area contributed by atoms with Crippen LogP contribution in [-0.2, 0) is 9.53 Å². The molecular formula is C15H13BrO3. The van der Waals surface area contributed by atoms with Gasteiger partial charge >= 0.3 is 5.97 Å². The molecule has 0 spiro atoms. The van der Waals surface area contributed by atoms with E-state index in [9.17, 15) is 4.79 Å². The van der Waals surface area contributed by atoms with Crippen LogP contribution in [0.25, 0.3) is 17.4 Å². The standard InChI is InChI=1S/C15H13BrO3/c1-10-9-11(3-6-13(10)16)14-7-4-12(19-14)5-8-15(17)18-2/h3-9H,1-2H3/b8-5+. The number of aryl methyl sites for hydroxylation is 1. The lowest BCUT2D eigenvalue weighted by Gasteiger charge is -2.01. The second kappa shape index (κ2) is 5.89. The monoisotopic (exact) mass is 320 g/mol. The zero-order valence-corrected chi connectivity index (χ0v) is 12.2. The number of carbonyl (C=O) groups excluding carboxylic acids is 1. The zero-order valence-electron chi connectivity index (χ0n) is 10.6. The van der Waals surface area contributed by atoms with E-state index in [0.29, 0.717) is 5.76 Å². The number of methoxy groups -OCH3 is 1. The minimum absolute atomic E-state index is 0.405. The van der Waals surface area contributed by atoms with Gasteiger partial charge in [-0.3, -0.25) is 0 Å². The third-order valence-electron chi connectivity index (χ3n) is 2.65. The molecule has 0 aliphatic rings. The van der Waals surface area contributed by atoms with E-state index >= 15 is 0 Å². The molecule has 0 unspecified atom stereocenters. The van der Waals surface area contributed by atoms with Gasteiger partial charge in [0.05, 0.1) is 7.11 Å². The van der Waals surface area contributed by atoms with E-state index in [4.69, 9.17) is 4.42 Å². The van der Waals surface area contributed by atoms with Crippen LogP contribution in [0.4, 0.5) is 0 Å². The van der Waals surface area contributed by atoms with E-state index in [2.05, 4.69) is 20.7 Å². The highest BCUT2D eigenvalue weighted by Gasteiger charge is 2.05. The van der Waals surface area contributed by atoms with Crippen molar-refractivity contribution in [2.75, 3.05) is 7.11 Å². The molecule has 1 aromatic carbocycles. The Morgan fingerprint density at radius 2 is 2.11 bits per heavy atom. The van der Waals surface area contributed by atoms with Crippen LogP contribution in [0, 0.1) is 6.92 Å². The average molecular weight is 321 g/mol. The minimum Gasteiger partial charge on any atom is -0.466 e. The number of benzene rings is 1. The molecule has 0 radical (unpaired) electrons. The average Bonchev–Trinajstić information content (AvgIpc) is 2.88. The predicted molar refractivity (Wildman–Crippen MR) is 77.6 cm³/mol. The molecule has 1 aromatic heterocycles. The Hall–Kier alpha value is -1.81. The normalized spacial score (nSPS) is 10.9. The van der Waals surface area contributed by atoms with Crippen LogP contribution in [0.1, 0.15) is 11.3 Å². The predicted octanol–water partition coefficient (Wildman–Crippen LogP) is 4.20. The molecule has 0 saturated carbocycles. The van der Waals surface area contributed by atoms with Gasteiger partial charge in [0.1, 0.15) is 11.5 Å². The van der Waals surface area contributed by atoms with Gasteiger partial charge in [-0.1, -0.05) is 22.0 Å². The molecule has 0 aliphatic heterocycles. The third kappa shape index (κ3) is 3.35. The molecule has 2 aromatic rings. The van der Waals surface area contributed by atoms with Crippen LogP contribution in [0.5, 0.6) is 0 Å². The summed E-state index contributed by atoms with van der Waals surface area (Å²) in [7, 11) is 1.34. The Bertz CT molecular complexity index is 626. The van der Waals surface area contributed by atoms with Crippen molar-refractivity contribution in [2.45, 2.75) is 6.92 Å². The van der Waals surface area contributed by atoms with Gasteiger partial charge in [0.25, 0.3) is 0 Å². The lowest BCUT2D eigenvalue weighted by Crippen LogP contribution is -1.92. The van der Waals surface area contributed by atoms with Crippen molar-refractivity contribution in [1.82, 2.24) is 0 Å².